The van der Waals surface area contributed by atoms with E-state index in [9.17, 15) is 4.79 Å². The van der Waals surface area contributed by atoms with Gasteiger partial charge in [-0.05, 0) is 47.1 Å². The summed E-state index contributed by atoms with van der Waals surface area (Å²) in [5.74, 6) is 0.727. The summed E-state index contributed by atoms with van der Waals surface area (Å²) >= 11 is 3.39. The lowest BCUT2D eigenvalue weighted by atomic mass is 10.2. The number of hydrogen-bond donors (Lipinski definition) is 1. The van der Waals surface area contributed by atoms with Crippen LogP contribution < -0.4 is 5.32 Å². The van der Waals surface area contributed by atoms with Crippen molar-refractivity contribution in [1.82, 2.24) is 15.0 Å². The van der Waals surface area contributed by atoms with Crippen LogP contribution in [0.5, 0.6) is 0 Å². The zero-order valence-electron chi connectivity index (χ0n) is 13.8. The SMILES string of the molecule is CCOC(=O)c1ccccc1Nc1ccnc(-c2cncc(Br)c2)n1.Cl. The maximum Gasteiger partial charge on any atom is 0.340 e. The molecule has 0 aliphatic carbocycles. The molecule has 0 unspecified atom stereocenters. The van der Waals surface area contributed by atoms with Gasteiger partial charge in [0.2, 0.25) is 0 Å². The summed E-state index contributed by atoms with van der Waals surface area (Å²) in [6.07, 6.45) is 5.04. The van der Waals surface area contributed by atoms with Crippen LogP contribution in [0.2, 0.25) is 0 Å². The van der Waals surface area contributed by atoms with Gasteiger partial charge in [0.15, 0.2) is 5.82 Å². The monoisotopic (exact) mass is 434 g/mol. The standard InChI is InChI=1S/C18H15BrN4O2.ClH/c1-2-25-18(24)14-5-3-4-6-15(14)22-16-7-8-21-17(23-16)12-9-13(19)11-20-10-12;/h3-11H,2H2,1H3,(H,21,22,23);1H. The van der Waals surface area contributed by atoms with E-state index in [4.69, 9.17) is 4.74 Å². The second-order valence-electron chi connectivity index (χ2n) is 5.05. The van der Waals surface area contributed by atoms with Gasteiger partial charge in [0.25, 0.3) is 0 Å². The number of carbonyl (C=O) groups is 1. The second-order valence-corrected chi connectivity index (χ2v) is 5.96. The molecule has 6 nitrogen and oxygen atoms in total. The first-order valence-corrected chi connectivity index (χ1v) is 8.44. The number of nitrogens with one attached hydrogen (secondary N) is 1. The van der Waals surface area contributed by atoms with E-state index in [1.807, 2.05) is 12.1 Å². The van der Waals surface area contributed by atoms with Crippen molar-refractivity contribution in [3.63, 3.8) is 0 Å². The highest BCUT2D eigenvalue weighted by atomic mass is 79.9. The molecule has 1 aromatic carbocycles. The first-order chi connectivity index (χ1) is 12.2. The normalized spacial score (nSPS) is 9.92. The molecule has 26 heavy (non-hydrogen) atoms. The molecule has 8 heteroatoms. The molecule has 0 atom stereocenters. The third-order valence-corrected chi connectivity index (χ3v) is 3.74. The molecule has 134 valence electrons. The van der Waals surface area contributed by atoms with E-state index in [-0.39, 0.29) is 18.4 Å². The highest BCUT2D eigenvalue weighted by Crippen LogP contribution is 2.23. The minimum atomic E-state index is -0.379. The molecule has 1 N–H and O–H groups in total. The van der Waals surface area contributed by atoms with Crippen molar-refractivity contribution in [3.05, 3.63) is 65.0 Å². The van der Waals surface area contributed by atoms with Gasteiger partial charge in [0.05, 0.1) is 17.9 Å². The average molecular weight is 436 g/mol. The minimum Gasteiger partial charge on any atom is -0.462 e. The van der Waals surface area contributed by atoms with Gasteiger partial charge in [-0.3, -0.25) is 4.98 Å². The number of hydrogen-bond acceptors (Lipinski definition) is 6. The molecule has 0 amide bonds. The van der Waals surface area contributed by atoms with Crippen LogP contribution in [-0.2, 0) is 4.74 Å². The smallest absolute Gasteiger partial charge is 0.340 e. The fraction of sp³-hybridized carbons (Fsp3) is 0.111. The number of rotatable bonds is 5. The van der Waals surface area contributed by atoms with E-state index >= 15 is 0 Å². The molecule has 3 aromatic rings. The maximum absolute atomic E-state index is 12.1. The van der Waals surface area contributed by atoms with Gasteiger partial charge in [-0.25, -0.2) is 14.8 Å². The van der Waals surface area contributed by atoms with Crippen LogP contribution >= 0.6 is 28.3 Å². The molecule has 2 heterocycles. The van der Waals surface area contributed by atoms with E-state index < -0.39 is 0 Å². The number of ether oxygens (including phenoxy) is 1. The topological polar surface area (TPSA) is 77.0 Å². The Balaban J connectivity index is 0.00000243. The van der Waals surface area contributed by atoms with E-state index in [2.05, 4.69) is 36.2 Å². The predicted octanol–water partition coefficient (Wildman–Crippen LogP) is 4.64. The third kappa shape index (κ3) is 4.77. The van der Waals surface area contributed by atoms with Gasteiger partial charge >= 0.3 is 5.97 Å². The number of pyridine rings is 1. The Hall–Kier alpha value is -2.51. The lowest BCUT2D eigenvalue weighted by molar-refractivity contribution is 0.0527. The number of halogens is 2. The third-order valence-electron chi connectivity index (χ3n) is 3.30. The fourth-order valence-electron chi connectivity index (χ4n) is 2.22. The summed E-state index contributed by atoms with van der Waals surface area (Å²) in [6, 6.07) is 10.8. The van der Waals surface area contributed by atoms with Crippen molar-refractivity contribution in [3.8, 4) is 11.4 Å². The predicted molar refractivity (Wildman–Crippen MR) is 106 cm³/mol. The number of aromatic nitrogens is 3. The van der Waals surface area contributed by atoms with E-state index in [0.717, 1.165) is 10.0 Å². The van der Waals surface area contributed by atoms with Crippen molar-refractivity contribution >= 4 is 45.8 Å². The van der Waals surface area contributed by atoms with Crippen LogP contribution in [0.4, 0.5) is 11.5 Å². The number of para-hydroxylation sites is 1. The van der Waals surface area contributed by atoms with Crippen molar-refractivity contribution in [1.29, 1.82) is 0 Å². The van der Waals surface area contributed by atoms with Crippen LogP contribution in [0.1, 0.15) is 17.3 Å². The fourth-order valence-corrected chi connectivity index (χ4v) is 2.58. The maximum atomic E-state index is 12.1. The van der Waals surface area contributed by atoms with Gasteiger partial charge in [-0.2, -0.15) is 0 Å². The van der Waals surface area contributed by atoms with Gasteiger partial charge in [0.1, 0.15) is 5.82 Å². The Bertz CT molecular complexity index is 908. The first kappa shape index (κ1) is 19.8. The highest BCUT2D eigenvalue weighted by molar-refractivity contribution is 9.10. The second kappa shape index (κ2) is 9.26. The summed E-state index contributed by atoms with van der Waals surface area (Å²) in [5.41, 5.74) is 1.86. The largest absolute Gasteiger partial charge is 0.462 e. The Morgan fingerprint density at radius 1 is 1.23 bits per heavy atom. The van der Waals surface area contributed by atoms with E-state index in [1.54, 1.807) is 49.8 Å². The zero-order valence-corrected chi connectivity index (χ0v) is 16.3. The molecular weight excluding hydrogens is 420 g/mol. The molecule has 0 fully saturated rings. The van der Waals surface area contributed by atoms with Gasteiger partial charge in [-0.15, -0.1) is 12.4 Å². The molecule has 0 radical (unpaired) electrons. The first-order valence-electron chi connectivity index (χ1n) is 7.64. The lowest BCUT2D eigenvalue weighted by Gasteiger charge is -2.11. The zero-order chi connectivity index (χ0) is 17.6. The summed E-state index contributed by atoms with van der Waals surface area (Å²) in [5, 5.41) is 3.15. The van der Waals surface area contributed by atoms with E-state index in [0.29, 0.717) is 29.5 Å². The van der Waals surface area contributed by atoms with Crippen molar-refractivity contribution in [2.75, 3.05) is 11.9 Å². The number of benzene rings is 1. The molecule has 2 aromatic heterocycles. The highest BCUT2D eigenvalue weighted by Gasteiger charge is 2.13. The van der Waals surface area contributed by atoms with Gasteiger partial charge in [-0.1, -0.05) is 12.1 Å². The minimum absolute atomic E-state index is 0. The summed E-state index contributed by atoms with van der Waals surface area (Å²) in [7, 11) is 0. The molecule has 0 saturated heterocycles. The molecule has 3 rings (SSSR count). The Kier molecular flexibility index (Phi) is 7.06. The van der Waals surface area contributed by atoms with Gasteiger partial charge in [0, 0.05) is 28.6 Å². The molecule has 0 bridgehead atoms. The molecule has 0 spiro atoms. The van der Waals surface area contributed by atoms with Crippen LogP contribution in [0.25, 0.3) is 11.4 Å². The van der Waals surface area contributed by atoms with E-state index in [1.165, 1.54) is 0 Å². The number of carbonyl (C=O) groups excluding carboxylic acids is 1. The number of esters is 1. The van der Waals surface area contributed by atoms with Crippen molar-refractivity contribution < 1.29 is 9.53 Å². The Labute approximate surface area is 165 Å². The van der Waals surface area contributed by atoms with Crippen molar-refractivity contribution in [2.45, 2.75) is 6.92 Å². The average Bonchev–Trinajstić information content (AvgIpc) is 2.63. The van der Waals surface area contributed by atoms with Crippen LogP contribution in [0, 0.1) is 0 Å². The van der Waals surface area contributed by atoms with Crippen LogP contribution in [-0.4, -0.2) is 27.5 Å². The number of anilines is 2. The van der Waals surface area contributed by atoms with Crippen LogP contribution in [0.15, 0.2) is 59.5 Å². The number of nitrogens with zero attached hydrogens (tertiary/aromatic N) is 3. The van der Waals surface area contributed by atoms with Crippen molar-refractivity contribution in [2.24, 2.45) is 0 Å². The summed E-state index contributed by atoms with van der Waals surface area (Å²) < 4.78 is 5.93. The van der Waals surface area contributed by atoms with Crippen LogP contribution in [0.3, 0.4) is 0 Å². The Morgan fingerprint density at radius 2 is 2.04 bits per heavy atom. The summed E-state index contributed by atoms with van der Waals surface area (Å²) in [4.78, 5) is 25.0. The molecular formula is C18H16BrClN4O2. The lowest BCUT2D eigenvalue weighted by Crippen LogP contribution is -2.08. The molecule has 0 saturated carbocycles. The van der Waals surface area contributed by atoms with Gasteiger partial charge < -0.3 is 10.1 Å². The Morgan fingerprint density at radius 3 is 2.81 bits per heavy atom. The summed E-state index contributed by atoms with van der Waals surface area (Å²) in [6.45, 7) is 2.09. The molecule has 0 aliphatic rings. The quantitative estimate of drug-likeness (QED) is 0.588. The molecule has 0 aliphatic heterocycles.